The van der Waals surface area contributed by atoms with Crippen molar-refractivity contribution in [2.24, 2.45) is 0 Å². The molecule has 0 bridgehead atoms. The number of hydrogen-bond acceptors (Lipinski definition) is 3. The topological polar surface area (TPSA) is 51.2 Å². The molecule has 2 rings (SSSR count). The minimum atomic E-state index is 0.654. The molecular weight excluding hydrogens is 200 g/mol. The Bertz CT molecular complexity index is 488. The van der Waals surface area contributed by atoms with Gasteiger partial charge in [0.25, 0.3) is 0 Å². The number of anilines is 2. The minimum absolute atomic E-state index is 0.654. The molecule has 0 unspecified atom stereocenters. The molecule has 1 heterocycles. The van der Waals surface area contributed by atoms with Gasteiger partial charge in [-0.15, -0.1) is 0 Å². The van der Waals surface area contributed by atoms with Crippen LogP contribution >= 0.6 is 0 Å². The molecule has 0 atom stereocenters. The Balaban J connectivity index is 2.07. The van der Waals surface area contributed by atoms with Gasteiger partial charge in [0.2, 0.25) is 0 Å². The van der Waals surface area contributed by atoms with Gasteiger partial charge in [-0.25, -0.2) is 0 Å². The highest BCUT2D eigenvalue weighted by Crippen LogP contribution is 2.20. The molecule has 0 fully saturated rings. The van der Waals surface area contributed by atoms with Crippen LogP contribution in [0.5, 0.6) is 0 Å². The molecule has 2 aromatic rings. The van der Waals surface area contributed by atoms with Crippen molar-refractivity contribution in [3.63, 3.8) is 0 Å². The van der Waals surface area contributed by atoms with Gasteiger partial charge in [0.15, 0.2) is 0 Å². The van der Waals surface area contributed by atoms with Gasteiger partial charge in [-0.3, -0.25) is 0 Å². The lowest BCUT2D eigenvalue weighted by Gasteiger charge is -2.08. The van der Waals surface area contributed by atoms with Gasteiger partial charge in [0.1, 0.15) is 11.5 Å². The fourth-order valence-electron chi connectivity index (χ4n) is 1.59. The second kappa shape index (κ2) is 4.31. The van der Waals surface area contributed by atoms with Crippen molar-refractivity contribution >= 4 is 11.4 Å². The largest absolute Gasteiger partial charge is 0.465 e. The summed E-state index contributed by atoms with van der Waals surface area (Å²) in [5.41, 5.74) is 8.76. The monoisotopic (exact) mass is 216 g/mol. The van der Waals surface area contributed by atoms with Crippen LogP contribution < -0.4 is 11.1 Å². The molecule has 16 heavy (non-hydrogen) atoms. The number of aryl methyl sites for hydroxylation is 2. The summed E-state index contributed by atoms with van der Waals surface area (Å²) in [6.07, 6.45) is 0. The third kappa shape index (κ3) is 2.37. The summed E-state index contributed by atoms with van der Waals surface area (Å²) in [6, 6.07) is 9.86. The van der Waals surface area contributed by atoms with E-state index in [4.69, 9.17) is 10.2 Å². The summed E-state index contributed by atoms with van der Waals surface area (Å²) in [6.45, 7) is 4.63. The van der Waals surface area contributed by atoms with E-state index in [9.17, 15) is 0 Å². The van der Waals surface area contributed by atoms with E-state index < -0.39 is 0 Å². The number of nitrogens with two attached hydrogens (primary N) is 1. The smallest absolute Gasteiger partial charge is 0.123 e. The molecule has 0 spiro atoms. The first kappa shape index (κ1) is 10.6. The lowest BCUT2D eigenvalue weighted by atomic mass is 10.2. The number of furan rings is 1. The zero-order valence-electron chi connectivity index (χ0n) is 9.58. The Kier molecular flexibility index (Phi) is 2.86. The van der Waals surface area contributed by atoms with Gasteiger partial charge in [-0.2, -0.15) is 0 Å². The zero-order chi connectivity index (χ0) is 11.5. The Hall–Kier alpha value is -1.90. The molecule has 3 heteroatoms. The first-order valence-electron chi connectivity index (χ1n) is 5.30. The summed E-state index contributed by atoms with van der Waals surface area (Å²) in [5.74, 6) is 1.84. The Morgan fingerprint density at radius 1 is 1.19 bits per heavy atom. The molecule has 0 aliphatic carbocycles. The van der Waals surface area contributed by atoms with Crippen molar-refractivity contribution in [3.8, 4) is 0 Å². The maximum absolute atomic E-state index is 5.87. The van der Waals surface area contributed by atoms with Crippen LogP contribution in [0, 0.1) is 13.8 Å². The minimum Gasteiger partial charge on any atom is -0.465 e. The fraction of sp³-hybridized carbons (Fsp3) is 0.231. The van der Waals surface area contributed by atoms with Crippen molar-refractivity contribution in [2.45, 2.75) is 20.4 Å². The van der Waals surface area contributed by atoms with Gasteiger partial charge in [-0.05, 0) is 43.7 Å². The number of nitrogens with one attached hydrogen (secondary N) is 1. The Morgan fingerprint density at radius 3 is 2.69 bits per heavy atom. The molecule has 0 saturated carbocycles. The predicted molar refractivity (Wildman–Crippen MR) is 66.4 cm³/mol. The molecule has 0 aliphatic heterocycles. The maximum Gasteiger partial charge on any atom is 0.123 e. The van der Waals surface area contributed by atoms with Crippen LogP contribution in [0.3, 0.4) is 0 Å². The lowest BCUT2D eigenvalue weighted by Crippen LogP contribution is -2.01. The van der Waals surface area contributed by atoms with Crippen molar-refractivity contribution in [3.05, 3.63) is 47.4 Å². The molecule has 0 aliphatic rings. The predicted octanol–water partition coefficient (Wildman–Crippen LogP) is 3.09. The van der Waals surface area contributed by atoms with Crippen molar-refractivity contribution in [1.29, 1.82) is 0 Å². The van der Waals surface area contributed by atoms with Crippen LogP contribution in [-0.4, -0.2) is 0 Å². The SMILES string of the molecule is Cc1ccc(N)c(NCc2ccc(C)o2)c1. The Labute approximate surface area is 95.3 Å². The van der Waals surface area contributed by atoms with Crippen molar-refractivity contribution in [1.82, 2.24) is 0 Å². The number of nitrogen functional groups attached to an aromatic ring is 1. The second-order valence-corrected chi connectivity index (χ2v) is 3.96. The van der Waals surface area contributed by atoms with E-state index in [1.807, 2.05) is 44.2 Å². The first-order valence-corrected chi connectivity index (χ1v) is 5.30. The van der Waals surface area contributed by atoms with E-state index >= 15 is 0 Å². The van der Waals surface area contributed by atoms with Gasteiger partial charge in [0, 0.05) is 0 Å². The summed E-state index contributed by atoms with van der Waals surface area (Å²) < 4.78 is 5.47. The molecule has 0 radical (unpaired) electrons. The number of rotatable bonds is 3. The molecule has 1 aromatic carbocycles. The summed E-state index contributed by atoms with van der Waals surface area (Å²) in [4.78, 5) is 0. The van der Waals surface area contributed by atoms with Crippen LogP contribution in [0.1, 0.15) is 17.1 Å². The van der Waals surface area contributed by atoms with Crippen molar-refractivity contribution in [2.75, 3.05) is 11.1 Å². The third-order valence-corrected chi connectivity index (χ3v) is 2.46. The molecule has 0 amide bonds. The molecule has 3 N–H and O–H groups in total. The molecular formula is C13H16N2O. The third-order valence-electron chi connectivity index (χ3n) is 2.46. The van der Waals surface area contributed by atoms with Gasteiger partial charge >= 0.3 is 0 Å². The molecule has 84 valence electrons. The fourth-order valence-corrected chi connectivity index (χ4v) is 1.59. The van der Waals surface area contributed by atoms with Crippen LogP contribution in [-0.2, 0) is 6.54 Å². The number of hydrogen-bond donors (Lipinski definition) is 2. The maximum atomic E-state index is 5.87. The molecule has 0 saturated heterocycles. The quantitative estimate of drug-likeness (QED) is 0.775. The molecule has 1 aromatic heterocycles. The summed E-state index contributed by atoms with van der Waals surface area (Å²) in [7, 11) is 0. The average Bonchev–Trinajstić information content (AvgIpc) is 2.66. The van der Waals surface area contributed by atoms with Crippen LogP contribution in [0.4, 0.5) is 11.4 Å². The molecule has 3 nitrogen and oxygen atoms in total. The Morgan fingerprint density at radius 2 is 2.00 bits per heavy atom. The lowest BCUT2D eigenvalue weighted by molar-refractivity contribution is 0.490. The highest BCUT2D eigenvalue weighted by Gasteiger charge is 2.01. The first-order chi connectivity index (χ1) is 7.65. The zero-order valence-corrected chi connectivity index (χ0v) is 9.58. The average molecular weight is 216 g/mol. The highest BCUT2D eigenvalue weighted by molar-refractivity contribution is 5.66. The highest BCUT2D eigenvalue weighted by atomic mass is 16.3. The van der Waals surface area contributed by atoms with E-state index in [-0.39, 0.29) is 0 Å². The van der Waals surface area contributed by atoms with Crippen LogP contribution in [0.15, 0.2) is 34.7 Å². The summed E-state index contributed by atoms with van der Waals surface area (Å²) in [5, 5.41) is 3.26. The van der Waals surface area contributed by atoms with E-state index in [0.29, 0.717) is 6.54 Å². The van der Waals surface area contributed by atoms with Gasteiger partial charge in [0.05, 0.1) is 17.9 Å². The second-order valence-electron chi connectivity index (χ2n) is 3.96. The van der Waals surface area contributed by atoms with E-state index in [2.05, 4.69) is 5.32 Å². The van der Waals surface area contributed by atoms with Crippen LogP contribution in [0.25, 0.3) is 0 Å². The standard InChI is InChI=1S/C13H16N2O/c1-9-3-6-12(14)13(7-9)15-8-11-5-4-10(2)16-11/h3-7,15H,8,14H2,1-2H3. The van der Waals surface area contributed by atoms with Crippen molar-refractivity contribution < 1.29 is 4.42 Å². The summed E-state index contributed by atoms with van der Waals surface area (Å²) >= 11 is 0. The van der Waals surface area contributed by atoms with E-state index in [0.717, 1.165) is 22.9 Å². The van der Waals surface area contributed by atoms with E-state index in [1.165, 1.54) is 5.56 Å². The van der Waals surface area contributed by atoms with Gasteiger partial charge < -0.3 is 15.5 Å². The van der Waals surface area contributed by atoms with Crippen LogP contribution in [0.2, 0.25) is 0 Å². The normalized spacial score (nSPS) is 10.4. The number of benzene rings is 1. The van der Waals surface area contributed by atoms with Gasteiger partial charge in [-0.1, -0.05) is 6.07 Å². The van der Waals surface area contributed by atoms with E-state index in [1.54, 1.807) is 0 Å².